The zero-order valence-corrected chi connectivity index (χ0v) is 12.8. The van der Waals surface area contributed by atoms with Crippen molar-refractivity contribution in [2.45, 2.75) is 19.4 Å². The van der Waals surface area contributed by atoms with Gasteiger partial charge in [0.15, 0.2) is 0 Å². The van der Waals surface area contributed by atoms with Gasteiger partial charge in [0.25, 0.3) is 5.69 Å². The Kier molecular flexibility index (Phi) is 4.42. The van der Waals surface area contributed by atoms with Crippen LogP contribution in [0.4, 0.5) is 11.4 Å². The highest BCUT2D eigenvalue weighted by Crippen LogP contribution is 2.33. The maximum atomic E-state index is 11.1. The first-order valence-corrected chi connectivity index (χ1v) is 7.21. The predicted molar refractivity (Wildman–Crippen MR) is 79.7 cm³/mol. The van der Waals surface area contributed by atoms with Gasteiger partial charge in [-0.05, 0) is 32.1 Å². The molecule has 0 radical (unpaired) electrons. The first-order chi connectivity index (χ1) is 9.02. The van der Waals surface area contributed by atoms with Crippen LogP contribution in [0.15, 0.2) is 22.7 Å². The smallest absolute Gasteiger partial charge is 0.293 e. The molecular weight excluding hydrogens is 310 g/mol. The molecule has 6 heteroatoms. The summed E-state index contributed by atoms with van der Waals surface area (Å²) < 4.78 is 0.740. The van der Waals surface area contributed by atoms with E-state index in [4.69, 9.17) is 0 Å². The highest BCUT2D eigenvalue weighted by molar-refractivity contribution is 9.10. The van der Waals surface area contributed by atoms with E-state index >= 15 is 0 Å². The minimum atomic E-state index is -0.309. The predicted octanol–water partition coefficient (Wildman–Crippen LogP) is 2.89. The van der Waals surface area contributed by atoms with Crippen LogP contribution in [0.25, 0.3) is 0 Å². The Labute approximate surface area is 121 Å². The number of anilines is 1. The summed E-state index contributed by atoms with van der Waals surface area (Å²) >= 11 is 3.29. The van der Waals surface area contributed by atoms with Gasteiger partial charge in [0.1, 0.15) is 5.69 Å². The molecule has 1 fully saturated rings. The molecule has 0 spiro atoms. The lowest BCUT2D eigenvalue weighted by atomic mass is 10.2. The Balaban J connectivity index is 2.22. The summed E-state index contributed by atoms with van der Waals surface area (Å²) in [6.45, 7) is 4.86. The normalized spacial score (nSPS) is 19.2. The van der Waals surface area contributed by atoms with E-state index in [1.165, 1.54) is 0 Å². The molecule has 0 aliphatic carbocycles. The minimum Gasteiger partial charge on any atom is -0.364 e. The molecule has 1 aliphatic heterocycles. The fraction of sp³-hybridized carbons (Fsp3) is 0.538. The number of halogens is 1. The summed E-state index contributed by atoms with van der Waals surface area (Å²) in [6.07, 6.45) is 1.05. The zero-order valence-electron chi connectivity index (χ0n) is 11.2. The highest BCUT2D eigenvalue weighted by atomic mass is 79.9. The van der Waals surface area contributed by atoms with Gasteiger partial charge in [-0.15, -0.1) is 0 Å². The Morgan fingerprint density at radius 2 is 2.32 bits per heavy atom. The van der Waals surface area contributed by atoms with E-state index in [-0.39, 0.29) is 10.6 Å². The van der Waals surface area contributed by atoms with Crippen molar-refractivity contribution < 1.29 is 4.92 Å². The van der Waals surface area contributed by atoms with Crippen molar-refractivity contribution in [3.8, 4) is 0 Å². The van der Waals surface area contributed by atoms with Crippen LogP contribution in [-0.2, 0) is 0 Å². The van der Waals surface area contributed by atoms with Crippen molar-refractivity contribution in [1.82, 2.24) is 4.90 Å². The third-order valence-electron chi connectivity index (χ3n) is 3.76. The molecule has 1 saturated heterocycles. The van der Waals surface area contributed by atoms with Crippen LogP contribution in [0.3, 0.4) is 0 Å². The Morgan fingerprint density at radius 3 is 2.95 bits per heavy atom. The second-order valence-electron chi connectivity index (χ2n) is 4.85. The largest absolute Gasteiger partial charge is 0.364 e. The molecule has 1 aromatic rings. The number of nitrogens with zero attached hydrogens (tertiary/aromatic N) is 3. The van der Waals surface area contributed by atoms with Crippen LogP contribution in [-0.4, -0.2) is 42.5 Å². The molecule has 0 bridgehead atoms. The molecule has 1 atom stereocenters. The maximum absolute atomic E-state index is 11.1. The maximum Gasteiger partial charge on any atom is 0.293 e. The molecular formula is C13H18BrN3O2. The molecule has 19 heavy (non-hydrogen) atoms. The number of hydrogen-bond donors (Lipinski definition) is 0. The van der Waals surface area contributed by atoms with Crippen molar-refractivity contribution in [2.24, 2.45) is 0 Å². The fourth-order valence-electron chi connectivity index (χ4n) is 2.49. The summed E-state index contributed by atoms with van der Waals surface area (Å²) in [6, 6.07) is 5.75. The monoisotopic (exact) mass is 327 g/mol. The molecule has 1 unspecified atom stereocenters. The second-order valence-corrected chi connectivity index (χ2v) is 5.77. The van der Waals surface area contributed by atoms with Crippen LogP contribution in [0.2, 0.25) is 0 Å². The van der Waals surface area contributed by atoms with E-state index in [0.29, 0.717) is 6.04 Å². The highest BCUT2D eigenvalue weighted by Gasteiger charge is 2.29. The molecule has 0 N–H and O–H groups in total. The van der Waals surface area contributed by atoms with Crippen LogP contribution < -0.4 is 4.90 Å². The quantitative estimate of drug-likeness (QED) is 0.630. The van der Waals surface area contributed by atoms with Crippen LogP contribution in [0, 0.1) is 10.1 Å². The zero-order chi connectivity index (χ0) is 14.0. The molecule has 1 aromatic carbocycles. The van der Waals surface area contributed by atoms with Gasteiger partial charge in [-0.2, -0.15) is 0 Å². The molecule has 5 nitrogen and oxygen atoms in total. The summed E-state index contributed by atoms with van der Waals surface area (Å²) in [7, 11) is 2.10. The standard InChI is InChI=1S/C13H18BrN3O2/c1-3-15(2)11-6-7-16(9-11)12-5-4-10(14)8-13(12)17(18)19/h4-5,8,11H,3,6-7,9H2,1-2H3. The van der Waals surface area contributed by atoms with Crippen LogP contribution in [0.1, 0.15) is 13.3 Å². The number of likely N-dealkylation sites (N-methyl/N-ethyl adjacent to an activating group) is 1. The number of nitro benzene ring substituents is 1. The van der Waals surface area contributed by atoms with Gasteiger partial charge in [0.2, 0.25) is 0 Å². The summed E-state index contributed by atoms with van der Waals surface area (Å²) in [5.74, 6) is 0. The van der Waals surface area contributed by atoms with Crippen molar-refractivity contribution in [3.05, 3.63) is 32.8 Å². The van der Waals surface area contributed by atoms with Crippen molar-refractivity contribution in [3.63, 3.8) is 0 Å². The van der Waals surface area contributed by atoms with Crippen LogP contribution in [0.5, 0.6) is 0 Å². The molecule has 0 saturated carbocycles. The van der Waals surface area contributed by atoms with E-state index < -0.39 is 0 Å². The average molecular weight is 328 g/mol. The third kappa shape index (κ3) is 3.06. The lowest BCUT2D eigenvalue weighted by Crippen LogP contribution is -2.34. The number of benzene rings is 1. The second kappa shape index (κ2) is 5.88. The lowest BCUT2D eigenvalue weighted by Gasteiger charge is -2.23. The minimum absolute atomic E-state index is 0.175. The Morgan fingerprint density at radius 1 is 1.58 bits per heavy atom. The van der Waals surface area contributed by atoms with E-state index in [2.05, 4.69) is 39.7 Å². The number of rotatable bonds is 4. The van der Waals surface area contributed by atoms with E-state index in [1.807, 2.05) is 12.1 Å². The van der Waals surface area contributed by atoms with E-state index in [0.717, 1.165) is 36.2 Å². The Bertz CT molecular complexity index is 481. The average Bonchev–Trinajstić information content (AvgIpc) is 2.87. The van der Waals surface area contributed by atoms with E-state index in [1.54, 1.807) is 6.07 Å². The Hall–Kier alpha value is -1.14. The van der Waals surface area contributed by atoms with Crippen LogP contribution >= 0.6 is 15.9 Å². The topological polar surface area (TPSA) is 49.6 Å². The SMILES string of the molecule is CCN(C)C1CCN(c2ccc(Br)cc2[N+](=O)[O-])C1. The van der Waals surface area contributed by atoms with Crippen molar-refractivity contribution in [1.29, 1.82) is 0 Å². The van der Waals surface area contributed by atoms with Gasteiger partial charge in [0, 0.05) is 29.7 Å². The molecule has 2 rings (SSSR count). The third-order valence-corrected chi connectivity index (χ3v) is 4.25. The lowest BCUT2D eigenvalue weighted by molar-refractivity contribution is -0.384. The first-order valence-electron chi connectivity index (χ1n) is 6.42. The van der Waals surface area contributed by atoms with Crippen molar-refractivity contribution in [2.75, 3.05) is 31.6 Å². The first kappa shape index (κ1) is 14.3. The molecule has 1 aliphatic rings. The molecule has 1 heterocycles. The van der Waals surface area contributed by atoms with Gasteiger partial charge in [-0.1, -0.05) is 22.9 Å². The molecule has 104 valence electrons. The van der Waals surface area contributed by atoms with Gasteiger partial charge in [0.05, 0.1) is 4.92 Å². The summed E-state index contributed by atoms with van der Waals surface area (Å²) in [5.41, 5.74) is 0.898. The summed E-state index contributed by atoms with van der Waals surface area (Å²) in [4.78, 5) is 15.3. The van der Waals surface area contributed by atoms with Gasteiger partial charge in [-0.3, -0.25) is 10.1 Å². The molecule has 0 amide bonds. The van der Waals surface area contributed by atoms with Gasteiger partial charge >= 0.3 is 0 Å². The summed E-state index contributed by atoms with van der Waals surface area (Å²) in [5, 5.41) is 11.1. The van der Waals surface area contributed by atoms with Gasteiger partial charge in [-0.25, -0.2) is 0 Å². The number of hydrogen-bond acceptors (Lipinski definition) is 4. The molecule has 0 aromatic heterocycles. The van der Waals surface area contributed by atoms with E-state index in [9.17, 15) is 10.1 Å². The van der Waals surface area contributed by atoms with Gasteiger partial charge < -0.3 is 9.80 Å². The number of nitro groups is 1. The van der Waals surface area contributed by atoms with Crippen molar-refractivity contribution >= 4 is 27.3 Å². The fourth-order valence-corrected chi connectivity index (χ4v) is 2.84.